The van der Waals surface area contributed by atoms with Crippen LogP contribution in [-0.4, -0.2) is 47.2 Å². The zero-order valence-corrected chi connectivity index (χ0v) is 7.17. The van der Waals surface area contributed by atoms with Gasteiger partial charge in [0.25, 0.3) is 0 Å². The number of carbonyl (C=O) groups is 2. The van der Waals surface area contributed by atoms with E-state index in [0.717, 1.165) is 5.06 Å². The zero-order chi connectivity index (χ0) is 10.6. The van der Waals surface area contributed by atoms with E-state index in [-0.39, 0.29) is 13.3 Å². The van der Waals surface area contributed by atoms with Gasteiger partial charge in [-0.15, -0.1) is 0 Å². The van der Waals surface area contributed by atoms with Crippen molar-refractivity contribution >= 4 is 11.9 Å². The average molecular weight is 203 g/mol. The Bertz CT molecular complexity index is 267. The lowest BCUT2D eigenvalue weighted by Gasteiger charge is -2.27. The molecule has 1 heterocycles. The highest BCUT2D eigenvalue weighted by atomic mass is 16.7. The quantitative estimate of drug-likeness (QED) is 0.583. The van der Waals surface area contributed by atoms with Gasteiger partial charge in [0.1, 0.15) is 6.73 Å². The summed E-state index contributed by atoms with van der Waals surface area (Å²) in [4.78, 5) is 25.8. The van der Waals surface area contributed by atoms with Crippen LogP contribution in [0, 0.1) is 0 Å². The van der Waals surface area contributed by atoms with E-state index < -0.39 is 17.6 Å². The van der Waals surface area contributed by atoms with E-state index in [1.165, 1.54) is 0 Å². The van der Waals surface area contributed by atoms with Crippen molar-refractivity contribution in [2.45, 2.75) is 0 Å². The zero-order valence-electron chi connectivity index (χ0n) is 7.17. The van der Waals surface area contributed by atoms with Crippen molar-refractivity contribution in [1.82, 2.24) is 5.06 Å². The molecule has 7 nitrogen and oxygen atoms in total. The van der Waals surface area contributed by atoms with Gasteiger partial charge in [-0.3, -0.25) is 4.84 Å². The summed E-state index contributed by atoms with van der Waals surface area (Å²) in [6, 6.07) is 0. The van der Waals surface area contributed by atoms with Crippen LogP contribution in [0.5, 0.6) is 0 Å². The van der Waals surface area contributed by atoms with E-state index in [4.69, 9.17) is 19.8 Å². The SMILES string of the molecule is O=C(O)C=C(C(=O)O)N1COCCO1. The lowest BCUT2D eigenvalue weighted by molar-refractivity contribution is -0.237. The molecule has 1 aliphatic rings. The molecular weight excluding hydrogens is 194 g/mol. The summed E-state index contributed by atoms with van der Waals surface area (Å²) in [5, 5.41) is 18.0. The Kier molecular flexibility index (Phi) is 3.43. The Morgan fingerprint density at radius 2 is 2.00 bits per heavy atom. The first-order valence-corrected chi connectivity index (χ1v) is 3.77. The van der Waals surface area contributed by atoms with Crippen molar-refractivity contribution in [1.29, 1.82) is 0 Å². The molecule has 0 radical (unpaired) electrons. The van der Waals surface area contributed by atoms with Crippen molar-refractivity contribution in [3.63, 3.8) is 0 Å². The van der Waals surface area contributed by atoms with Crippen molar-refractivity contribution in [2.24, 2.45) is 0 Å². The number of rotatable bonds is 3. The topological polar surface area (TPSA) is 96.3 Å². The Morgan fingerprint density at radius 1 is 1.29 bits per heavy atom. The van der Waals surface area contributed by atoms with E-state index in [1.807, 2.05) is 0 Å². The first kappa shape index (κ1) is 10.5. The van der Waals surface area contributed by atoms with Crippen LogP contribution in [0.25, 0.3) is 0 Å². The van der Waals surface area contributed by atoms with Crippen molar-refractivity contribution in [3.05, 3.63) is 11.8 Å². The van der Waals surface area contributed by atoms with Crippen LogP contribution in [0.1, 0.15) is 0 Å². The first-order valence-electron chi connectivity index (χ1n) is 3.77. The van der Waals surface area contributed by atoms with Gasteiger partial charge in [0, 0.05) is 0 Å². The molecular formula is C7H9NO6. The smallest absolute Gasteiger partial charge is 0.354 e. The minimum atomic E-state index is -1.38. The number of carboxylic acid groups (broad SMARTS) is 2. The van der Waals surface area contributed by atoms with Crippen LogP contribution in [0.3, 0.4) is 0 Å². The number of hydroxylamine groups is 2. The van der Waals surface area contributed by atoms with Crippen LogP contribution >= 0.6 is 0 Å². The normalized spacial score (nSPS) is 18.0. The molecule has 1 saturated heterocycles. The highest BCUT2D eigenvalue weighted by molar-refractivity contribution is 5.93. The van der Waals surface area contributed by atoms with Gasteiger partial charge in [0.05, 0.1) is 19.3 Å². The maximum Gasteiger partial charge on any atom is 0.354 e. The fourth-order valence-electron chi connectivity index (χ4n) is 0.888. The van der Waals surface area contributed by atoms with Gasteiger partial charge in [-0.2, -0.15) is 0 Å². The number of ether oxygens (including phenoxy) is 1. The maximum absolute atomic E-state index is 10.6. The second-order valence-electron chi connectivity index (χ2n) is 2.42. The van der Waals surface area contributed by atoms with Gasteiger partial charge < -0.3 is 14.9 Å². The summed E-state index contributed by atoms with van der Waals surface area (Å²) in [6.45, 7) is 0.464. The molecule has 78 valence electrons. The number of nitrogens with zero attached hydrogens (tertiary/aromatic N) is 1. The molecule has 0 aromatic rings. The summed E-state index contributed by atoms with van der Waals surface area (Å²) >= 11 is 0. The predicted molar refractivity (Wildman–Crippen MR) is 42.0 cm³/mol. The molecule has 0 bridgehead atoms. The van der Waals surface area contributed by atoms with Gasteiger partial charge >= 0.3 is 11.9 Å². The molecule has 14 heavy (non-hydrogen) atoms. The fraction of sp³-hybridized carbons (Fsp3) is 0.429. The Hall–Kier alpha value is -1.60. The number of carboxylic acids is 2. The van der Waals surface area contributed by atoms with E-state index in [2.05, 4.69) is 0 Å². The average Bonchev–Trinajstić information content (AvgIpc) is 2.15. The highest BCUT2D eigenvalue weighted by Crippen LogP contribution is 2.09. The van der Waals surface area contributed by atoms with Gasteiger partial charge in [0.15, 0.2) is 5.70 Å². The summed E-state index contributed by atoms with van der Waals surface area (Å²) in [6.07, 6.45) is 0.553. The van der Waals surface area contributed by atoms with E-state index in [0.29, 0.717) is 12.7 Å². The number of hydrogen-bond acceptors (Lipinski definition) is 5. The molecule has 1 fully saturated rings. The van der Waals surface area contributed by atoms with E-state index in [9.17, 15) is 9.59 Å². The van der Waals surface area contributed by atoms with Crippen molar-refractivity contribution < 1.29 is 29.4 Å². The van der Waals surface area contributed by atoms with Crippen LogP contribution in [0.4, 0.5) is 0 Å². The third-order valence-electron chi connectivity index (χ3n) is 1.43. The molecule has 1 rings (SSSR count). The summed E-state index contributed by atoms with van der Waals surface area (Å²) in [5.41, 5.74) is -0.461. The summed E-state index contributed by atoms with van der Waals surface area (Å²) in [7, 11) is 0. The molecule has 0 aliphatic carbocycles. The minimum Gasteiger partial charge on any atom is -0.478 e. The standard InChI is InChI=1S/C7H9NO6/c9-6(10)3-5(7(11)12)8-4-13-1-2-14-8/h3H,1-2,4H2,(H,9,10)(H,11,12). The molecule has 0 spiro atoms. The summed E-state index contributed by atoms with van der Waals surface area (Å²) in [5.74, 6) is -2.73. The Morgan fingerprint density at radius 3 is 2.43 bits per heavy atom. The van der Waals surface area contributed by atoms with Gasteiger partial charge in [0.2, 0.25) is 0 Å². The van der Waals surface area contributed by atoms with Gasteiger partial charge in [-0.25, -0.2) is 14.7 Å². The molecule has 1 aliphatic heterocycles. The molecule has 0 atom stereocenters. The van der Waals surface area contributed by atoms with E-state index >= 15 is 0 Å². The van der Waals surface area contributed by atoms with Gasteiger partial charge in [-0.1, -0.05) is 0 Å². The first-order chi connectivity index (χ1) is 6.61. The lowest BCUT2D eigenvalue weighted by atomic mass is 10.4. The third-order valence-corrected chi connectivity index (χ3v) is 1.43. The highest BCUT2D eigenvalue weighted by Gasteiger charge is 2.21. The van der Waals surface area contributed by atoms with Crippen LogP contribution in [-0.2, 0) is 19.2 Å². The second kappa shape index (κ2) is 4.58. The monoisotopic (exact) mass is 203 g/mol. The van der Waals surface area contributed by atoms with Crippen LogP contribution < -0.4 is 0 Å². The number of hydrogen-bond donors (Lipinski definition) is 2. The van der Waals surface area contributed by atoms with E-state index in [1.54, 1.807) is 0 Å². The Labute approximate surface area is 79.1 Å². The molecule has 2 N–H and O–H groups in total. The van der Waals surface area contributed by atoms with Crippen molar-refractivity contribution in [3.8, 4) is 0 Å². The third kappa shape index (κ3) is 2.71. The maximum atomic E-state index is 10.6. The van der Waals surface area contributed by atoms with Gasteiger partial charge in [-0.05, 0) is 0 Å². The van der Waals surface area contributed by atoms with Crippen molar-refractivity contribution in [2.75, 3.05) is 19.9 Å². The molecule has 0 saturated carbocycles. The molecule has 0 unspecified atom stereocenters. The summed E-state index contributed by atoms with van der Waals surface area (Å²) < 4.78 is 4.90. The van der Waals surface area contributed by atoms with Crippen LogP contribution in [0.2, 0.25) is 0 Å². The molecule has 7 heteroatoms. The van der Waals surface area contributed by atoms with Crippen LogP contribution in [0.15, 0.2) is 11.8 Å². The second-order valence-corrected chi connectivity index (χ2v) is 2.42. The minimum absolute atomic E-state index is 0.0919. The number of aliphatic carboxylic acids is 2. The largest absolute Gasteiger partial charge is 0.478 e. The Balaban J connectivity index is 2.76. The molecule has 0 amide bonds. The fourth-order valence-corrected chi connectivity index (χ4v) is 0.888. The lowest BCUT2D eigenvalue weighted by Crippen LogP contribution is -2.36. The molecule has 0 aromatic heterocycles. The molecule has 0 aromatic carbocycles. The predicted octanol–water partition coefficient (Wildman–Crippen LogP) is -0.739.